The van der Waals surface area contributed by atoms with E-state index in [1.165, 1.54) is 22.3 Å². The zero-order valence-electron chi connectivity index (χ0n) is 32.5. The Morgan fingerprint density at radius 3 is 2.04 bits per heavy atom. The molecule has 0 atom stereocenters. The number of aromatic nitrogens is 3. The Hall–Kier alpha value is -6.45. The van der Waals surface area contributed by atoms with Crippen molar-refractivity contribution >= 4 is 28.4 Å². The number of nitrogens with zero attached hydrogens (tertiary/aromatic N) is 3. The van der Waals surface area contributed by atoms with Crippen molar-refractivity contribution in [2.45, 2.75) is 52.4 Å². The van der Waals surface area contributed by atoms with E-state index in [0.717, 1.165) is 83.1 Å². The lowest BCUT2D eigenvalue weighted by Gasteiger charge is -2.12. The van der Waals surface area contributed by atoms with Gasteiger partial charge in [0.05, 0.1) is 0 Å². The summed E-state index contributed by atoms with van der Waals surface area (Å²) >= 11 is 0. The Kier molecular flexibility index (Phi) is 12.7. The van der Waals surface area contributed by atoms with Crippen molar-refractivity contribution < 1.29 is 0 Å². The van der Waals surface area contributed by atoms with Crippen molar-refractivity contribution in [1.29, 1.82) is 0 Å². The third-order valence-corrected chi connectivity index (χ3v) is 10.0. The van der Waals surface area contributed by atoms with Crippen LogP contribution in [0.5, 0.6) is 0 Å². The highest BCUT2D eigenvalue weighted by atomic mass is 15.0. The standard InChI is InChI=1S/C53H49N3/c1-4-7-19-40(6-3)49-35-39(36-50(38-49)48-28-18-27-47(37-48)43-33-31-42(32-34-43)41-21-12-9-13-22-41)29-30-46(20-8-5-2)53-55-51(44-23-14-10-15-24-44)54-52(56-53)45-25-16-11-17-26-45/h5-6,8,10,12,14-16,18-38H,3-4,7,9,11,13,17H2,1-2H3/b8-5-,30-29+,40-19+,46-20+. The van der Waals surface area contributed by atoms with Gasteiger partial charge in [-0.05, 0) is 113 Å². The van der Waals surface area contributed by atoms with Crippen molar-refractivity contribution in [3.8, 4) is 33.6 Å². The number of hydrogen-bond donors (Lipinski definition) is 0. The van der Waals surface area contributed by atoms with Gasteiger partial charge in [0.2, 0.25) is 0 Å². The second-order valence-electron chi connectivity index (χ2n) is 14.1. The van der Waals surface area contributed by atoms with Crippen LogP contribution in [-0.2, 0) is 0 Å². The normalized spacial score (nSPS) is 14.7. The Morgan fingerprint density at radius 1 is 0.643 bits per heavy atom. The molecule has 0 unspecified atom stereocenters. The Bertz CT molecular complexity index is 2430. The van der Waals surface area contributed by atoms with E-state index in [9.17, 15) is 0 Å². The molecule has 0 spiro atoms. The summed E-state index contributed by atoms with van der Waals surface area (Å²) in [5.74, 6) is 1.97. The van der Waals surface area contributed by atoms with Gasteiger partial charge < -0.3 is 0 Å². The Balaban J connectivity index is 1.29. The predicted molar refractivity (Wildman–Crippen MR) is 240 cm³/mol. The molecule has 5 aromatic rings. The average Bonchev–Trinajstić information content (AvgIpc) is 3.27. The van der Waals surface area contributed by atoms with Crippen LogP contribution < -0.4 is 0 Å². The molecule has 0 aliphatic heterocycles. The van der Waals surface area contributed by atoms with Crippen molar-refractivity contribution in [3.63, 3.8) is 0 Å². The molecule has 4 aromatic carbocycles. The van der Waals surface area contributed by atoms with Crippen molar-refractivity contribution in [3.05, 3.63) is 205 Å². The zero-order valence-corrected chi connectivity index (χ0v) is 32.5. The molecule has 2 aliphatic rings. The molecule has 1 aromatic heterocycles. The molecule has 2 aliphatic carbocycles. The molecule has 0 radical (unpaired) electrons. The third kappa shape index (κ3) is 9.43. The molecule has 7 rings (SSSR count). The van der Waals surface area contributed by atoms with Gasteiger partial charge in [-0.1, -0.05) is 172 Å². The van der Waals surface area contributed by atoms with Crippen molar-refractivity contribution in [2.24, 2.45) is 0 Å². The van der Waals surface area contributed by atoms with Gasteiger partial charge in [0.1, 0.15) is 0 Å². The summed E-state index contributed by atoms with van der Waals surface area (Å²) in [6.07, 6.45) is 34.3. The van der Waals surface area contributed by atoms with Crippen LogP contribution >= 0.6 is 0 Å². The van der Waals surface area contributed by atoms with Gasteiger partial charge in [0, 0.05) is 16.7 Å². The number of hydrogen-bond acceptors (Lipinski definition) is 3. The zero-order chi connectivity index (χ0) is 38.5. The summed E-state index contributed by atoms with van der Waals surface area (Å²) in [5, 5.41) is 0. The quantitative estimate of drug-likeness (QED) is 0.113. The van der Waals surface area contributed by atoms with Gasteiger partial charge in [-0.15, -0.1) is 0 Å². The lowest BCUT2D eigenvalue weighted by molar-refractivity contribution is 0.960. The molecular formula is C53H49N3. The summed E-state index contributed by atoms with van der Waals surface area (Å²) in [7, 11) is 0. The molecule has 56 heavy (non-hydrogen) atoms. The van der Waals surface area contributed by atoms with E-state index in [2.05, 4.69) is 141 Å². The maximum Gasteiger partial charge on any atom is 0.164 e. The molecule has 3 heteroatoms. The van der Waals surface area contributed by atoms with Gasteiger partial charge >= 0.3 is 0 Å². The van der Waals surface area contributed by atoms with Gasteiger partial charge in [0.15, 0.2) is 17.5 Å². The van der Waals surface area contributed by atoms with Crippen LogP contribution in [0.1, 0.15) is 80.7 Å². The largest absolute Gasteiger partial charge is 0.208 e. The minimum atomic E-state index is 0.628. The highest BCUT2D eigenvalue weighted by Gasteiger charge is 2.14. The molecular weight excluding hydrogens is 679 g/mol. The number of rotatable bonds is 13. The lowest BCUT2D eigenvalue weighted by Crippen LogP contribution is -2.05. The summed E-state index contributed by atoms with van der Waals surface area (Å²) in [6, 6.07) is 34.8. The Labute approximate surface area is 333 Å². The van der Waals surface area contributed by atoms with Gasteiger partial charge in [-0.3, -0.25) is 0 Å². The smallest absolute Gasteiger partial charge is 0.164 e. The van der Waals surface area contributed by atoms with Crippen molar-refractivity contribution in [2.75, 3.05) is 0 Å². The van der Waals surface area contributed by atoms with E-state index in [4.69, 9.17) is 15.0 Å². The van der Waals surface area contributed by atoms with Crippen LogP contribution in [0, 0.1) is 0 Å². The number of unbranched alkanes of at least 4 members (excludes halogenated alkanes) is 1. The maximum atomic E-state index is 5.05. The molecule has 0 N–H and O–H groups in total. The molecule has 3 nitrogen and oxygen atoms in total. The number of benzene rings is 4. The summed E-state index contributed by atoms with van der Waals surface area (Å²) in [4.78, 5) is 15.0. The molecule has 0 bridgehead atoms. The van der Waals surface area contributed by atoms with E-state index in [1.54, 1.807) is 0 Å². The van der Waals surface area contributed by atoms with E-state index in [-0.39, 0.29) is 0 Å². The van der Waals surface area contributed by atoms with Crippen LogP contribution in [0.3, 0.4) is 0 Å². The lowest BCUT2D eigenvalue weighted by atomic mass is 9.92. The fourth-order valence-corrected chi connectivity index (χ4v) is 6.98. The molecule has 0 saturated carbocycles. The third-order valence-electron chi connectivity index (χ3n) is 10.0. The monoisotopic (exact) mass is 727 g/mol. The fraction of sp³-hybridized carbons (Fsp3) is 0.151. The second kappa shape index (κ2) is 18.7. The van der Waals surface area contributed by atoms with Gasteiger partial charge in [0.25, 0.3) is 0 Å². The van der Waals surface area contributed by atoms with Crippen LogP contribution in [0.25, 0.3) is 62.0 Å². The summed E-state index contributed by atoms with van der Waals surface area (Å²) in [5.41, 5.74) is 13.5. The van der Waals surface area contributed by atoms with Gasteiger partial charge in [-0.25, -0.2) is 15.0 Å². The SMILES string of the molecule is C=C/C(=C\CCC)c1cc(/C=C/C(=C\C=C/C)c2nc(C3=CCCC=C3)nc(-c3ccccc3)n2)cc(-c2cccc(-c3ccc(C4=CCCC=C4)cc3)c2)c1. The second-order valence-corrected chi connectivity index (χ2v) is 14.1. The van der Waals surface area contributed by atoms with Crippen LogP contribution in [0.2, 0.25) is 0 Å². The maximum absolute atomic E-state index is 5.05. The average molecular weight is 728 g/mol. The molecule has 276 valence electrons. The molecule has 1 heterocycles. The predicted octanol–water partition coefficient (Wildman–Crippen LogP) is 14.4. The van der Waals surface area contributed by atoms with E-state index in [0.29, 0.717) is 17.5 Å². The highest BCUT2D eigenvalue weighted by Crippen LogP contribution is 2.33. The first-order chi connectivity index (χ1) is 27.6. The topological polar surface area (TPSA) is 38.7 Å². The minimum absolute atomic E-state index is 0.628. The first-order valence-corrected chi connectivity index (χ1v) is 19.9. The molecule has 0 fully saturated rings. The molecule has 0 saturated heterocycles. The first kappa shape index (κ1) is 37.8. The van der Waals surface area contributed by atoms with E-state index in [1.807, 2.05) is 55.5 Å². The van der Waals surface area contributed by atoms with Crippen LogP contribution in [0.15, 0.2) is 177 Å². The fourth-order valence-electron chi connectivity index (χ4n) is 6.98. The summed E-state index contributed by atoms with van der Waals surface area (Å²) in [6.45, 7) is 8.43. The minimum Gasteiger partial charge on any atom is -0.208 e. The van der Waals surface area contributed by atoms with Crippen LogP contribution in [-0.4, -0.2) is 15.0 Å². The van der Waals surface area contributed by atoms with E-state index >= 15 is 0 Å². The first-order valence-electron chi connectivity index (χ1n) is 19.9. The summed E-state index contributed by atoms with van der Waals surface area (Å²) < 4.78 is 0. The van der Waals surface area contributed by atoms with Crippen molar-refractivity contribution in [1.82, 2.24) is 15.0 Å². The number of allylic oxidation sites excluding steroid dienone is 16. The van der Waals surface area contributed by atoms with E-state index < -0.39 is 0 Å². The highest BCUT2D eigenvalue weighted by molar-refractivity contribution is 5.84. The molecule has 0 amide bonds. The Morgan fingerprint density at radius 2 is 1.34 bits per heavy atom. The van der Waals surface area contributed by atoms with Crippen LogP contribution in [0.4, 0.5) is 0 Å². The van der Waals surface area contributed by atoms with Gasteiger partial charge in [-0.2, -0.15) is 0 Å².